The summed E-state index contributed by atoms with van der Waals surface area (Å²) in [7, 11) is 0. The molecule has 2 unspecified atom stereocenters. The fourth-order valence-corrected chi connectivity index (χ4v) is 2.57. The average molecular weight is 225 g/mol. The lowest BCUT2D eigenvalue weighted by Crippen LogP contribution is -2.10. The summed E-state index contributed by atoms with van der Waals surface area (Å²) in [5.41, 5.74) is 1.04. The molecule has 1 aromatic rings. The molecule has 2 atom stereocenters. The number of hydrogen-bond donors (Lipinski definition) is 1. The van der Waals surface area contributed by atoms with Gasteiger partial charge in [0.05, 0.1) is 16.6 Å². The van der Waals surface area contributed by atoms with Crippen molar-refractivity contribution in [2.75, 3.05) is 0 Å². The molecule has 82 valence electrons. The normalized spacial score (nSPS) is 25.3. The van der Waals surface area contributed by atoms with Crippen molar-refractivity contribution in [1.29, 1.82) is 0 Å². The van der Waals surface area contributed by atoms with Crippen LogP contribution < -0.4 is 0 Å². The van der Waals surface area contributed by atoms with Gasteiger partial charge in [0.15, 0.2) is 0 Å². The molecule has 1 aliphatic rings. The van der Waals surface area contributed by atoms with E-state index < -0.39 is 5.97 Å². The third-order valence-electron chi connectivity index (χ3n) is 2.65. The van der Waals surface area contributed by atoms with E-state index in [1.165, 1.54) is 0 Å². The van der Waals surface area contributed by atoms with Gasteiger partial charge in [-0.1, -0.05) is 20.8 Å². The Morgan fingerprint density at radius 1 is 1.60 bits per heavy atom. The lowest BCUT2D eigenvalue weighted by Gasteiger charge is -2.13. The molecule has 0 aromatic carbocycles. The van der Waals surface area contributed by atoms with Crippen LogP contribution in [0.1, 0.15) is 43.8 Å². The van der Waals surface area contributed by atoms with Gasteiger partial charge in [0.25, 0.3) is 0 Å². The Kier molecular flexibility index (Phi) is 2.34. The number of aromatic nitrogens is 1. The molecule has 3 nitrogen and oxygen atoms in total. The summed E-state index contributed by atoms with van der Waals surface area (Å²) < 4.78 is 0. The van der Waals surface area contributed by atoms with Gasteiger partial charge in [0, 0.05) is 16.7 Å². The smallest absolute Gasteiger partial charge is 0.307 e. The topological polar surface area (TPSA) is 50.2 Å². The molecule has 1 fully saturated rings. The fourth-order valence-electron chi connectivity index (χ4n) is 1.60. The van der Waals surface area contributed by atoms with E-state index in [0.717, 1.165) is 17.1 Å². The number of carboxylic acids is 1. The molecule has 1 aromatic heterocycles. The molecule has 0 spiro atoms. The molecule has 1 saturated carbocycles. The van der Waals surface area contributed by atoms with Gasteiger partial charge in [-0.25, -0.2) is 4.98 Å². The second-order valence-electron chi connectivity index (χ2n) is 5.11. The van der Waals surface area contributed by atoms with Crippen LogP contribution in [-0.4, -0.2) is 16.1 Å². The zero-order valence-corrected chi connectivity index (χ0v) is 9.97. The van der Waals surface area contributed by atoms with E-state index in [1.807, 2.05) is 5.38 Å². The summed E-state index contributed by atoms with van der Waals surface area (Å²) in [4.78, 5) is 15.3. The number of nitrogens with zero attached hydrogens (tertiary/aromatic N) is 1. The molecule has 0 amide bonds. The van der Waals surface area contributed by atoms with Crippen molar-refractivity contribution in [2.24, 2.45) is 5.92 Å². The summed E-state index contributed by atoms with van der Waals surface area (Å²) in [6, 6.07) is 0. The van der Waals surface area contributed by atoms with E-state index in [1.54, 1.807) is 11.3 Å². The zero-order valence-electron chi connectivity index (χ0n) is 9.15. The van der Waals surface area contributed by atoms with Gasteiger partial charge in [-0.2, -0.15) is 0 Å². The van der Waals surface area contributed by atoms with E-state index >= 15 is 0 Å². The molecule has 2 rings (SSSR count). The molecular weight excluding hydrogens is 210 g/mol. The molecule has 0 bridgehead atoms. The number of rotatable bonds is 2. The minimum absolute atomic E-state index is 0.0660. The molecule has 0 radical (unpaired) electrons. The molecular formula is C11H15NO2S. The molecule has 0 saturated heterocycles. The third-order valence-corrected chi connectivity index (χ3v) is 3.94. The van der Waals surface area contributed by atoms with Crippen LogP contribution in [0.5, 0.6) is 0 Å². The summed E-state index contributed by atoms with van der Waals surface area (Å²) >= 11 is 1.63. The highest BCUT2D eigenvalue weighted by Crippen LogP contribution is 2.48. The van der Waals surface area contributed by atoms with E-state index in [-0.39, 0.29) is 17.3 Å². The summed E-state index contributed by atoms with van der Waals surface area (Å²) in [6.45, 7) is 6.37. The highest BCUT2D eigenvalue weighted by atomic mass is 32.1. The van der Waals surface area contributed by atoms with Crippen LogP contribution in [0.3, 0.4) is 0 Å². The Morgan fingerprint density at radius 2 is 2.27 bits per heavy atom. The maximum absolute atomic E-state index is 10.7. The van der Waals surface area contributed by atoms with Crippen molar-refractivity contribution in [1.82, 2.24) is 4.98 Å². The van der Waals surface area contributed by atoms with Gasteiger partial charge in [-0.15, -0.1) is 11.3 Å². The first-order valence-corrected chi connectivity index (χ1v) is 5.96. The quantitative estimate of drug-likeness (QED) is 0.841. The number of thiazole rings is 1. The standard InChI is InChI=1S/C11H15NO2S/c1-11(2,3)10-12-8(5-15-10)6-4-7(6)9(13)14/h5-7H,4H2,1-3H3,(H,13,14). The highest BCUT2D eigenvalue weighted by molar-refractivity contribution is 7.09. The van der Waals surface area contributed by atoms with E-state index in [9.17, 15) is 4.79 Å². The Bertz CT molecular complexity index is 392. The fraction of sp³-hybridized carbons (Fsp3) is 0.636. The largest absolute Gasteiger partial charge is 0.481 e. The van der Waals surface area contributed by atoms with Crippen LogP contribution in [-0.2, 0) is 10.2 Å². The SMILES string of the molecule is CC(C)(C)c1nc(C2CC2C(=O)O)cs1. The number of carboxylic acid groups (broad SMARTS) is 1. The zero-order chi connectivity index (χ0) is 11.2. The second kappa shape index (κ2) is 3.30. The van der Waals surface area contributed by atoms with Gasteiger partial charge in [-0.3, -0.25) is 4.79 Å². The summed E-state index contributed by atoms with van der Waals surface area (Å²) in [5.74, 6) is -0.722. The predicted octanol–water partition coefficient (Wildman–Crippen LogP) is 2.63. The van der Waals surface area contributed by atoms with E-state index in [4.69, 9.17) is 5.11 Å². The lowest BCUT2D eigenvalue weighted by molar-refractivity contribution is -0.138. The minimum Gasteiger partial charge on any atom is -0.481 e. The number of carbonyl (C=O) groups is 1. The van der Waals surface area contributed by atoms with E-state index in [0.29, 0.717) is 0 Å². The van der Waals surface area contributed by atoms with Gasteiger partial charge in [0.1, 0.15) is 0 Å². The van der Waals surface area contributed by atoms with Crippen molar-refractivity contribution < 1.29 is 9.90 Å². The maximum atomic E-state index is 10.7. The maximum Gasteiger partial charge on any atom is 0.307 e. The molecule has 4 heteroatoms. The first-order valence-electron chi connectivity index (χ1n) is 5.08. The minimum atomic E-state index is -0.690. The molecule has 15 heavy (non-hydrogen) atoms. The molecule has 1 heterocycles. The van der Waals surface area contributed by atoms with Gasteiger partial charge in [-0.05, 0) is 6.42 Å². The van der Waals surface area contributed by atoms with Gasteiger partial charge in [0.2, 0.25) is 0 Å². The van der Waals surface area contributed by atoms with Crippen molar-refractivity contribution in [3.8, 4) is 0 Å². The first-order chi connectivity index (χ1) is 6.89. The van der Waals surface area contributed by atoms with E-state index in [2.05, 4.69) is 25.8 Å². The predicted molar refractivity (Wildman–Crippen MR) is 59.3 cm³/mol. The second-order valence-corrected chi connectivity index (χ2v) is 5.97. The van der Waals surface area contributed by atoms with Crippen LogP contribution in [0.25, 0.3) is 0 Å². The number of aliphatic carboxylic acids is 1. The average Bonchev–Trinajstić information content (AvgIpc) is 2.74. The summed E-state index contributed by atoms with van der Waals surface area (Å²) in [5, 5.41) is 11.9. The Hall–Kier alpha value is -0.900. The number of hydrogen-bond acceptors (Lipinski definition) is 3. The van der Waals surface area contributed by atoms with Gasteiger partial charge >= 0.3 is 5.97 Å². The highest BCUT2D eigenvalue weighted by Gasteiger charge is 2.45. The Labute approximate surface area is 93.2 Å². The lowest BCUT2D eigenvalue weighted by atomic mass is 9.98. The Balaban J connectivity index is 2.13. The molecule has 0 aliphatic heterocycles. The van der Waals surface area contributed by atoms with Gasteiger partial charge < -0.3 is 5.11 Å². The molecule has 1 aliphatic carbocycles. The van der Waals surface area contributed by atoms with Crippen molar-refractivity contribution in [3.63, 3.8) is 0 Å². The van der Waals surface area contributed by atoms with Crippen LogP contribution in [0.2, 0.25) is 0 Å². The Morgan fingerprint density at radius 3 is 2.67 bits per heavy atom. The van der Waals surface area contributed by atoms with Crippen LogP contribution in [0, 0.1) is 5.92 Å². The third kappa shape index (κ3) is 2.04. The van der Waals surface area contributed by atoms with Crippen LogP contribution in [0.4, 0.5) is 0 Å². The van der Waals surface area contributed by atoms with Crippen LogP contribution in [0.15, 0.2) is 5.38 Å². The van der Waals surface area contributed by atoms with Crippen molar-refractivity contribution in [2.45, 2.75) is 38.5 Å². The van der Waals surface area contributed by atoms with Crippen LogP contribution >= 0.6 is 11.3 Å². The molecule has 1 N–H and O–H groups in total. The monoisotopic (exact) mass is 225 g/mol. The summed E-state index contributed by atoms with van der Waals surface area (Å²) in [6.07, 6.45) is 0.753. The first kappa shape index (κ1) is 10.6. The van der Waals surface area contributed by atoms with Crippen molar-refractivity contribution in [3.05, 3.63) is 16.1 Å². The van der Waals surface area contributed by atoms with Crippen molar-refractivity contribution >= 4 is 17.3 Å².